The van der Waals surface area contributed by atoms with E-state index in [2.05, 4.69) is 6.92 Å². The molecule has 1 heterocycles. The van der Waals surface area contributed by atoms with Gasteiger partial charge in [0.15, 0.2) is 15.9 Å². The van der Waals surface area contributed by atoms with Gasteiger partial charge in [-0.15, -0.1) is 0 Å². The Morgan fingerprint density at radius 2 is 1.88 bits per heavy atom. The highest BCUT2D eigenvalue weighted by Crippen LogP contribution is 2.21. The third-order valence-corrected chi connectivity index (χ3v) is 5.66. The van der Waals surface area contributed by atoms with E-state index in [1.165, 1.54) is 24.3 Å². The number of benzene rings is 1. The summed E-state index contributed by atoms with van der Waals surface area (Å²) in [4.78, 5) is 26.7. The summed E-state index contributed by atoms with van der Waals surface area (Å²) in [6.07, 6.45) is 4.19. The Hall–Kier alpha value is -1.89. The molecule has 0 saturated carbocycles. The molecule has 25 heavy (non-hydrogen) atoms. The number of sulfone groups is 1. The lowest BCUT2D eigenvalue weighted by atomic mass is 9.99. The topological polar surface area (TPSA) is 80.8 Å². The van der Waals surface area contributed by atoms with E-state index in [9.17, 15) is 18.0 Å². The largest absolute Gasteiger partial charge is 0.449 e. The van der Waals surface area contributed by atoms with Crippen molar-refractivity contribution in [3.05, 3.63) is 29.8 Å². The number of likely N-dealkylation sites (tertiary alicyclic amines) is 1. The molecule has 0 unspecified atom stereocenters. The summed E-state index contributed by atoms with van der Waals surface area (Å²) in [6.45, 7) is 4.32. The molecule has 0 spiro atoms. The van der Waals surface area contributed by atoms with Crippen LogP contribution >= 0.6 is 0 Å². The number of nitrogens with zero attached hydrogens (tertiary/aromatic N) is 1. The van der Waals surface area contributed by atoms with Crippen molar-refractivity contribution in [1.82, 2.24) is 4.90 Å². The maximum atomic E-state index is 12.6. The lowest BCUT2D eigenvalue weighted by molar-refractivity contribution is -0.143. The number of hydrogen-bond acceptors (Lipinski definition) is 5. The van der Waals surface area contributed by atoms with Crippen LogP contribution < -0.4 is 0 Å². The number of esters is 1. The van der Waals surface area contributed by atoms with Gasteiger partial charge < -0.3 is 9.64 Å². The molecule has 0 aromatic heterocycles. The zero-order valence-corrected chi connectivity index (χ0v) is 15.7. The first-order valence-electron chi connectivity index (χ1n) is 8.55. The Morgan fingerprint density at radius 3 is 2.44 bits per heavy atom. The Morgan fingerprint density at radius 1 is 1.24 bits per heavy atom. The van der Waals surface area contributed by atoms with Crippen LogP contribution in [-0.4, -0.2) is 50.1 Å². The van der Waals surface area contributed by atoms with Gasteiger partial charge in [0.1, 0.15) is 0 Å². The van der Waals surface area contributed by atoms with Gasteiger partial charge in [0.25, 0.3) is 5.91 Å². The number of carbonyl (C=O) groups excluding carboxylic acids is 2. The summed E-state index contributed by atoms with van der Waals surface area (Å²) in [6, 6.07) is 5.71. The summed E-state index contributed by atoms with van der Waals surface area (Å²) in [5.41, 5.74) is 0.220. The maximum absolute atomic E-state index is 12.6. The van der Waals surface area contributed by atoms with Crippen LogP contribution in [0.3, 0.4) is 0 Å². The minimum atomic E-state index is -3.32. The van der Waals surface area contributed by atoms with Crippen molar-refractivity contribution in [2.45, 2.75) is 56.6 Å². The van der Waals surface area contributed by atoms with Crippen LogP contribution in [0, 0.1) is 0 Å². The van der Waals surface area contributed by atoms with Crippen LogP contribution in [0.1, 0.15) is 49.9 Å². The number of hydrogen-bond donors (Lipinski definition) is 0. The lowest BCUT2D eigenvalue weighted by Crippen LogP contribution is -2.48. The highest BCUT2D eigenvalue weighted by Gasteiger charge is 2.30. The molecule has 1 amide bonds. The molecule has 1 aliphatic rings. The maximum Gasteiger partial charge on any atom is 0.338 e. The first-order chi connectivity index (χ1) is 11.7. The summed E-state index contributed by atoms with van der Waals surface area (Å²) in [5, 5.41) is 0. The third kappa shape index (κ3) is 4.81. The Kier molecular flexibility index (Phi) is 6.21. The molecular weight excluding hydrogens is 342 g/mol. The van der Waals surface area contributed by atoms with E-state index in [0.29, 0.717) is 6.54 Å². The molecule has 2 rings (SSSR count). The van der Waals surface area contributed by atoms with Gasteiger partial charge in [-0.25, -0.2) is 13.2 Å². The fraction of sp³-hybridized carbons (Fsp3) is 0.556. The number of ether oxygens (including phenoxy) is 1. The predicted molar refractivity (Wildman–Crippen MR) is 94.1 cm³/mol. The number of piperidine rings is 1. The Labute approximate surface area is 149 Å². The first kappa shape index (κ1) is 19.4. The average Bonchev–Trinajstić information content (AvgIpc) is 2.60. The summed E-state index contributed by atoms with van der Waals surface area (Å²) in [7, 11) is -3.32. The van der Waals surface area contributed by atoms with Crippen LogP contribution in [0.25, 0.3) is 0 Å². The number of carbonyl (C=O) groups is 2. The molecule has 1 aromatic rings. The molecule has 0 aliphatic carbocycles. The molecule has 1 saturated heterocycles. The summed E-state index contributed by atoms with van der Waals surface area (Å²) >= 11 is 0. The van der Waals surface area contributed by atoms with Crippen LogP contribution in [-0.2, 0) is 19.4 Å². The van der Waals surface area contributed by atoms with Crippen molar-refractivity contribution in [3.63, 3.8) is 0 Å². The monoisotopic (exact) mass is 367 g/mol. The van der Waals surface area contributed by atoms with Crippen molar-refractivity contribution in [2.24, 2.45) is 0 Å². The normalized spacial score (nSPS) is 19.3. The molecule has 1 aliphatic heterocycles. The van der Waals surface area contributed by atoms with Crippen molar-refractivity contribution >= 4 is 21.7 Å². The second-order valence-electron chi connectivity index (χ2n) is 6.43. The summed E-state index contributed by atoms with van der Waals surface area (Å²) < 4.78 is 28.2. The highest BCUT2D eigenvalue weighted by molar-refractivity contribution is 7.90. The van der Waals surface area contributed by atoms with Crippen molar-refractivity contribution in [2.75, 3.05) is 12.8 Å². The van der Waals surface area contributed by atoms with Gasteiger partial charge in [0, 0.05) is 18.8 Å². The molecule has 0 bridgehead atoms. The van der Waals surface area contributed by atoms with Gasteiger partial charge in [-0.1, -0.05) is 6.92 Å². The smallest absolute Gasteiger partial charge is 0.338 e. The molecule has 0 radical (unpaired) electrons. The molecule has 1 aromatic carbocycles. The fourth-order valence-corrected chi connectivity index (χ4v) is 3.70. The van der Waals surface area contributed by atoms with Gasteiger partial charge in [-0.05, 0) is 56.9 Å². The molecular formula is C18H25NO5S. The van der Waals surface area contributed by atoms with Gasteiger partial charge in [0.05, 0.1) is 10.5 Å². The van der Waals surface area contributed by atoms with E-state index in [4.69, 9.17) is 4.74 Å². The molecule has 2 atom stereocenters. The highest BCUT2D eigenvalue weighted by atomic mass is 32.2. The van der Waals surface area contributed by atoms with Gasteiger partial charge in [0.2, 0.25) is 0 Å². The minimum Gasteiger partial charge on any atom is -0.449 e. The van der Waals surface area contributed by atoms with E-state index < -0.39 is 21.9 Å². The molecule has 0 N–H and O–H groups in total. The van der Waals surface area contributed by atoms with Gasteiger partial charge in [-0.3, -0.25) is 4.79 Å². The fourth-order valence-electron chi connectivity index (χ4n) is 3.07. The standard InChI is InChI=1S/C18H25NO5S/c1-4-15-7-5-6-12-19(15)17(20)13(2)24-18(21)14-8-10-16(11-9-14)25(3,22)23/h8-11,13,15H,4-7,12H2,1-3H3/t13-,15-/m0/s1. The average molecular weight is 367 g/mol. The van der Waals surface area contributed by atoms with Crippen LogP contribution in [0.15, 0.2) is 29.2 Å². The Bertz CT molecular complexity index is 726. The zero-order chi connectivity index (χ0) is 18.6. The number of amides is 1. The number of rotatable bonds is 5. The second kappa shape index (κ2) is 7.99. The molecule has 6 nitrogen and oxygen atoms in total. The van der Waals surface area contributed by atoms with Gasteiger partial charge >= 0.3 is 5.97 Å². The summed E-state index contributed by atoms with van der Waals surface area (Å²) in [5.74, 6) is -0.807. The Balaban J connectivity index is 2.02. The van der Waals surface area contributed by atoms with E-state index in [0.717, 1.165) is 31.9 Å². The first-order valence-corrected chi connectivity index (χ1v) is 10.4. The van der Waals surface area contributed by atoms with E-state index in [-0.39, 0.29) is 22.4 Å². The molecule has 138 valence electrons. The SMILES string of the molecule is CC[C@H]1CCCCN1C(=O)[C@H](C)OC(=O)c1ccc(S(C)(=O)=O)cc1. The van der Waals surface area contributed by atoms with Crippen LogP contribution in [0.4, 0.5) is 0 Å². The van der Waals surface area contributed by atoms with Crippen LogP contribution in [0.2, 0.25) is 0 Å². The van der Waals surface area contributed by atoms with Crippen LogP contribution in [0.5, 0.6) is 0 Å². The second-order valence-corrected chi connectivity index (χ2v) is 8.45. The van der Waals surface area contributed by atoms with E-state index in [1.807, 2.05) is 4.90 Å². The van der Waals surface area contributed by atoms with E-state index in [1.54, 1.807) is 6.92 Å². The van der Waals surface area contributed by atoms with E-state index >= 15 is 0 Å². The zero-order valence-electron chi connectivity index (χ0n) is 14.9. The molecule has 1 fully saturated rings. The molecule has 7 heteroatoms. The predicted octanol–water partition coefficient (Wildman–Crippen LogP) is 2.43. The quantitative estimate of drug-likeness (QED) is 0.747. The van der Waals surface area contributed by atoms with Crippen molar-refractivity contribution in [3.8, 4) is 0 Å². The lowest BCUT2D eigenvalue weighted by Gasteiger charge is -2.36. The van der Waals surface area contributed by atoms with Crippen molar-refractivity contribution < 1.29 is 22.7 Å². The van der Waals surface area contributed by atoms with Crippen molar-refractivity contribution in [1.29, 1.82) is 0 Å². The minimum absolute atomic E-state index is 0.132. The van der Waals surface area contributed by atoms with Gasteiger partial charge in [-0.2, -0.15) is 0 Å². The third-order valence-electron chi connectivity index (χ3n) is 4.53.